The first kappa shape index (κ1) is 22.8. The number of rotatable bonds is 8. The quantitative estimate of drug-likeness (QED) is 0.656. The maximum Gasteiger partial charge on any atom is 0.243 e. The highest BCUT2D eigenvalue weighted by molar-refractivity contribution is 7.89. The lowest BCUT2D eigenvalue weighted by Crippen LogP contribution is -2.28. The Hall–Kier alpha value is -2.38. The van der Waals surface area contributed by atoms with E-state index in [1.807, 2.05) is 6.92 Å². The van der Waals surface area contributed by atoms with Crippen molar-refractivity contribution in [2.75, 3.05) is 20.2 Å². The number of ether oxygens (including phenoxy) is 1. The van der Waals surface area contributed by atoms with Crippen LogP contribution < -0.4 is 10.1 Å². The number of benzene rings is 2. The lowest BCUT2D eigenvalue weighted by Gasteiger charge is -2.18. The third-order valence-electron chi connectivity index (χ3n) is 6.58. The Balaban J connectivity index is 1.41. The molecule has 4 rings (SSSR count). The van der Waals surface area contributed by atoms with Gasteiger partial charge in [0, 0.05) is 19.5 Å². The number of carbonyl (C=O) groups excluding carboxylic acids is 1. The second-order valence-corrected chi connectivity index (χ2v) is 10.7. The standard InChI is InChI=1S/C25H32N2O4S/c1-18(20-9-8-19-6-5-7-21(19)16-20)26-25(28)13-10-22-17-23(11-12-24(22)31-2)32(29,30)27-14-3-4-15-27/h8-9,11-12,16-18H,3-7,10,13-15H2,1-2H3,(H,26,28)/t18-/m0/s1. The van der Waals surface area contributed by atoms with E-state index < -0.39 is 10.0 Å². The van der Waals surface area contributed by atoms with Crippen LogP contribution in [0.5, 0.6) is 5.75 Å². The molecule has 7 heteroatoms. The van der Waals surface area contributed by atoms with Crippen LogP contribution in [0.1, 0.15) is 60.9 Å². The maximum absolute atomic E-state index is 12.9. The van der Waals surface area contributed by atoms with Crippen molar-refractivity contribution in [3.05, 3.63) is 58.7 Å². The zero-order valence-electron chi connectivity index (χ0n) is 18.9. The lowest BCUT2D eigenvalue weighted by atomic mass is 10.0. The molecule has 1 aliphatic heterocycles. The number of hydrogen-bond acceptors (Lipinski definition) is 4. The zero-order valence-corrected chi connectivity index (χ0v) is 19.7. The summed E-state index contributed by atoms with van der Waals surface area (Å²) in [5, 5.41) is 3.08. The molecule has 0 bridgehead atoms. The Morgan fingerprint density at radius 3 is 2.56 bits per heavy atom. The number of nitrogens with zero attached hydrogens (tertiary/aromatic N) is 1. The van der Waals surface area contributed by atoms with Gasteiger partial charge in [0.2, 0.25) is 15.9 Å². The summed E-state index contributed by atoms with van der Waals surface area (Å²) in [6.45, 7) is 3.12. The molecular weight excluding hydrogens is 424 g/mol. The summed E-state index contributed by atoms with van der Waals surface area (Å²) in [4.78, 5) is 12.9. The largest absolute Gasteiger partial charge is 0.496 e. The molecule has 2 aromatic carbocycles. The second kappa shape index (κ2) is 9.63. The molecule has 172 valence electrons. The van der Waals surface area contributed by atoms with Gasteiger partial charge in [-0.15, -0.1) is 0 Å². The van der Waals surface area contributed by atoms with E-state index in [0.717, 1.165) is 36.8 Å². The van der Waals surface area contributed by atoms with Crippen molar-refractivity contribution in [2.24, 2.45) is 0 Å². The van der Waals surface area contributed by atoms with E-state index in [2.05, 4.69) is 23.5 Å². The van der Waals surface area contributed by atoms with Crippen LogP contribution in [0.15, 0.2) is 41.3 Å². The van der Waals surface area contributed by atoms with E-state index in [0.29, 0.717) is 25.3 Å². The van der Waals surface area contributed by atoms with Gasteiger partial charge < -0.3 is 10.1 Å². The Labute approximate surface area is 191 Å². The van der Waals surface area contributed by atoms with Gasteiger partial charge in [-0.05, 0) is 85.9 Å². The summed E-state index contributed by atoms with van der Waals surface area (Å²) in [7, 11) is -1.95. The molecule has 0 radical (unpaired) electrons. The molecule has 1 fully saturated rings. The van der Waals surface area contributed by atoms with Gasteiger partial charge in [-0.3, -0.25) is 4.79 Å². The van der Waals surface area contributed by atoms with Gasteiger partial charge in [-0.25, -0.2) is 8.42 Å². The van der Waals surface area contributed by atoms with Crippen molar-refractivity contribution >= 4 is 15.9 Å². The lowest BCUT2D eigenvalue weighted by molar-refractivity contribution is -0.121. The molecule has 1 heterocycles. The predicted octanol–water partition coefficient (Wildman–Crippen LogP) is 3.78. The molecule has 0 saturated carbocycles. The van der Waals surface area contributed by atoms with Crippen LogP contribution in [-0.2, 0) is 34.1 Å². The number of carbonyl (C=O) groups is 1. The van der Waals surface area contributed by atoms with E-state index in [4.69, 9.17) is 4.74 Å². The number of nitrogens with one attached hydrogen (secondary N) is 1. The second-order valence-electron chi connectivity index (χ2n) is 8.76. The Morgan fingerprint density at radius 1 is 1.06 bits per heavy atom. The number of amides is 1. The summed E-state index contributed by atoms with van der Waals surface area (Å²) in [6.07, 6.45) is 5.92. The van der Waals surface area contributed by atoms with E-state index in [1.54, 1.807) is 25.3 Å². The molecule has 1 N–H and O–H groups in total. The van der Waals surface area contributed by atoms with Gasteiger partial charge in [-0.2, -0.15) is 4.31 Å². The van der Waals surface area contributed by atoms with Crippen LogP contribution >= 0.6 is 0 Å². The van der Waals surface area contributed by atoms with Crippen LogP contribution in [0.4, 0.5) is 0 Å². The topological polar surface area (TPSA) is 75.7 Å². The van der Waals surface area contributed by atoms with E-state index in [1.165, 1.54) is 21.9 Å². The van der Waals surface area contributed by atoms with Crippen molar-refractivity contribution < 1.29 is 17.9 Å². The van der Waals surface area contributed by atoms with E-state index >= 15 is 0 Å². The van der Waals surface area contributed by atoms with Crippen molar-refractivity contribution in [2.45, 2.75) is 62.8 Å². The van der Waals surface area contributed by atoms with Crippen molar-refractivity contribution in [3.63, 3.8) is 0 Å². The molecule has 0 aromatic heterocycles. The summed E-state index contributed by atoms with van der Waals surface area (Å²) in [5.41, 5.74) is 4.66. The fourth-order valence-corrected chi connectivity index (χ4v) is 6.26. The minimum absolute atomic E-state index is 0.0622. The molecule has 6 nitrogen and oxygen atoms in total. The molecule has 1 saturated heterocycles. The third-order valence-corrected chi connectivity index (χ3v) is 8.47. The predicted molar refractivity (Wildman–Crippen MR) is 124 cm³/mol. The van der Waals surface area contributed by atoms with Crippen LogP contribution in [0.3, 0.4) is 0 Å². The van der Waals surface area contributed by atoms with Crippen LogP contribution in [0, 0.1) is 0 Å². The number of methoxy groups -OCH3 is 1. The summed E-state index contributed by atoms with van der Waals surface area (Å²) in [6, 6.07) is 11.3. The van der Waals surface area contributed by atoms with E-state index in [9.17, 15) is 13.2 Å². The van der Waals surface area contributed by atoms with Gasteiger partial charge in [0.05, 0.1) is 18.0 Å². The Kier molecular flexibility index (Phi) is 6.86. The van der Waals surface area contributed by atoms with Gasteiger partial charge >= 0.3 is 0 Å². The van der Waals surface area contributed by atoms with Gasteiger partial charge in [0.15, 0.2) is 0 Å². The maximum atomic E-state index is 12.9. The molecular formula is C25H32N2O4S. The number of fused-ring (bicyclic) bond motifs is 1. The van der Waals surface area contributed by atoms with Gasteiger partial charge in [-0.1, -0.05) is 18.2 Å². The first-order chi connectivity index (χ1) is 15.4. The fraction of sp³-hybridized carbons (Fsp3) is 0.480. The molecule has 0 unspecified atom stereocenters. The third kappa shape index (κ3) is 4.84. The number of sulfonamides is 1. The summed E-state index contributed by atoms with van der Waals surface area (Å²) < 4.78 is 32.8. The minimum atomic E-state index is -3.51. The van der Waals surface area contributed by atoms with Crippen LogP contribution in [0.2, 0.25) is 0 Å². The molecule has 2 aromatic rings. The fourth-order valence-electron chi connectivity index (χ4n) is 4.69. The number of aryl methyl sites for hydroxylation is 3. The molecule has 1 atom stereocenters. The molecule has 32 heavy (non-hydrogen) atoms. The van der Waals surface area contributed by atoms with Crippen molar-refractivity contribution in [3.8, 4) is 5.75 Å². The molecule has 0 spiro atoms. The SMILES string of the molecule is COc1ccc(S(=O)(=O)N2CCCC2)cc1CCC(=O)N[C@@H](C)c1ccc2c(c1)CCC2. The highest BCUT2D eigenvalue weighted by atomic mass is 32.2. The average molecular weight is 457 g/mol. The Bertz CT molecular complexity index is 1090. The van der Waals surface area contributed by atoms with Gasteiger partial charge in [0.1, 0.15) is 5.75 Å². The summed E-state index contributed by atoms with van der Waals surface area (Å²) in [5.74, 6) is 0.540. The molecule has 1 aliphatic carbocycles. The van der Waals surface area contributed by atoms with Crippen LogP contribution in [-0.4, -0.2) is 38.8 Å². The first-order valence-corrected chi connectivity index (χ1v) is 12.9. The van der Waals surface area contributed by atoms with Crippen molar-refractivity contribution in [1.82, 2.24) is 9.62 Å². The molecule has 2 aliphatic rings. The smallest absolute Gasteiger partial charge is 0.243 e. The number of hydrogen-bond donors (Lipinski definition) is 1. The Morgan fingerprint density at radius 2 is 1.81 bits per heavy atom. The zero-order chi connectivity index (χ0) is 22.7. The minimum Gasteiger partial charge on any atom is -0.496 e. The average Bonchev–Trinajstić information content (AvgIpc) is 3.49. The van der Waals surface area contributed by atoms with Crippen molar-refractivity contribution in [1.29, 1.82) is 0 Å². The highest BCUT2D eigenvalue weighted by Crippen LogP contribution is 2.28. The molecule has 1 amide bonds. The van der Waals surface area contributed by atoms with E-state index in [-0.39, 0.29) is 23.3 Å². The first-order valence-electron chi connectivity index (χ1n) is 11.5. The van der Waals surface area contributed by atoms with Crippen LogP contribution in [0.25, 0.3) is 0 Å². The normalized spacial score (nSPS) is 17.2. The highest BCUT2D eigenvalue weighted by Gasteiger charge is 2.28. The summed E-state index contributed by atoms with van der Waals surface area (Å²) >= 11 is 0. The monoisotopic (exact) mass is 456 g/mol. The van der Waals surface area contributed by atoms with Gasteiger partial charge in [0.25, 0.3) is 0 Å².